The number of hydrogen-bond acceptors (Lipinski definition) is 10. The third-order valence-corrected chi connectivity index (χ3v) is 12.8. The van der Waals surface area contributed by atoms with Crippen molar-refractivity contribution in [3.63, 3.8) is 0 Å². The first-order valence-electron chi connectivity index (χ1n) is 11.1. The molecule has 2 amide bonds. The molecule has 0 aromatic carbocycles. The van der Waals surface area contributed by atoms with Crippen molar-refractivity contribution in [3.05, 3.63) is 34.5 Å². The van der Waals surface area contributed by atoms with Gasteiger partial charge in [-0.25, -0.2) is 9.78 Å². The topological polar surface area (TPSA) is 156 Å². The van der Waals surface area contributed by atoms with Gasteiger partial charge in [0, 0.05) is 11.1 Å². The minimum atomic E-state index is -1.94. The summed E-state index contributed by atoms with van der Waals surface area (Å²) in [4.78, 5) is 47.9. The van der Waals surface area contributed by atoms with Crippen LogP contribution >= 0.6 is 23.1 Å². The van der Waals surface area contributed by atoms with E-state index in [1.165, 1.54) is 23.8 Å². The number of oxime groups is 1. The Labute approximate surface area is 218 Å². The molecule has 14 heteroatoms. The third kappa shape index (κ3) is 5.66. The first kappa shape index (κ1) is 27.9. The highest BCUT2D eigenvalue weighted by molar-refractivity contribution is 8.00. The number of carboxylic acid groups (broad SMARTS) is 1. The van der Waals surface area contributed by atoms with E-state index in [0.29, 0.717) is 17.9 Å². The Kier molecular flexibility index (Phi) is 8.32. The predicted octanol–water partition coefficient (Wildman–Crippen LogP) is 2.39. The summed E-state index contributed by atoms with van der Waals surface area (Å²) in [6.07, 6.45) is 3.49. The van der Waals surface area contributed by atoms with E-state index < -0.39 is 37.5 Å². The molecule has 2 atom stereocenters. The number of carbonyl (C=O) groups is 3. The maximum Gasteiger partial charge on any atom is 0.352 e. The van der Waals surface area contributed by atoms with Crippen molar-refractivity contribution in [3.8, 4) is 0 Å². The molecule has 0 aliphatic carbocycles. The van der Waals surface area contributed by atoms with Crippen LogP contribution in [0.3, 0.4) is 0 Å². The number of thiazole rings is 1. The number of thioether (sulfide) groups is 1. The van der Waals surface area contributed by atoms with Crippen LogP contribution in [0.15, 0.2) is 34.0 Å². The molecule has 3 heterocycles. The van der Waals surface area contributed by atoms with Gasteiger partial charge in [0.1, 0.15) is 29.9 Å². The van der Waals surface area contributed by atoms with Gasteiger partial charge in [-0.15, -0.1) is 23.1 Å². The molecule has 196 valence electrons. The van der Waals surface area contributed by atoms with Crippen LogP contribution in [0.1, 0.15) is 26.5 Å². The summed E-state index contributed by atoms with van der Waals surface area (Å²) in [5, 5.41) is 17.5. The zero-order chi connectivity index (χ0) is 26.8. The minimum absolute atomic E-state index is 0.0592. The summed E-state index contributed by atoms with van der Waals surface area (Å²) < 4.78 is 6.12. The van der Waals surface area contributed by atoms with Crippen LogP contribution in [0.4, 0.5) is 5.13 Å². The number of aromatic nitrogens is 1. The predicted molar refractivity (Wildman–Crippen MR) is 142 cm³/mol. The van der Waals surface area contributed by atoms with Crippen LogP contribution in [0.2, 0.25) is 18.1 Å². The Morgan fingerprint density at radius 3 is 2.67 bits per heavy atom. The molecule has 2 aliphatic rings. The van der Waals surface area contributed by atoms with Gasteiger partial charge in [-0.1, -0.05) is 38.1 Å². The van der Waals surface area contributed by atoms with Crippen LogP contribution < -0.4 is 11.1 Å². The molecule has 4 N–H and O–H groups in total. The van der Waals surface area contributed by atoms with E-state index >= 15 is 0 Å². The monoisotopic (exact) mass is 553 g/mol. The molecule has 1 saturated heterocycles. The van der Waals surface area contributed by atoms with Crippen molar-refractivity contribution in [1.82, 2.24) is 15.2 Å². The number of nitrogen functional groups attached to an aromatic ring is 1. The number of nitrogens with zero attached hydrogens (tertiary/aromatic N) is 3. The number of β-lactam (4-membered cyclic amide) rings is 1. The van der Waals surface area contributed by atoms with Crippen LogP contribution in [-0.2, 0) is 23.6 Å². The molecular weight excluding hydrogens is 522 g/mol. The number of carbonyl (C=O) groups excluding carboxylic acids is 2. The molecule has 1 aromatic heterocycles. The lowest BCUT2D eigenvalue weighted by atomic mass is 10.0. The number of nitrogens with one attached hydrogen (secondary N) is 1. The van der Waals surface area contributed by atoms with E-state index in [9.17, 15) is 19.5 Å². The minimum Gasteiger partial charge on any atom is -0.477 e. The van der Waals surface area contributed by atoms with E-state index in [2.05, 4.69) is 49.3 Å². The highest BCUT2D eigenvalue weighted by atomic mass is 32.2. The highest BCUT2D eigenvalue weighted by Gasteiger charge is 2.54. The Hall–Kier alpha value is -2.68. The summed E-state index contributed by atoms with van der Waals surface area (Å²) in [6, 6.07) is -0.915. The van der Waals surface area contributed by atoms with Gasteiger partial charge in [-0.3, -0.25) is 14.5 Å². The fraction of sp³-hybridized carbons (Fsp3) is 0.500. The second-order valence-corrected chi connectivity index (χ2v) is 16.5. The van der Waals surface area contributed by atoms with Crippen molar-refractivity contribution in [1.29, 1.82) is 0 Å². The number of amides is 2. The summed E-state index contributed by atoms with van der Waals surface area (Å²) in [5.74, 6) is -2.03. The molecule has 0 saturated carbocycles. The van der Waals surface area contributed by atoms with Gasteiger partial charge in [0.05, 0.1) is 6.61 Å². The molecule has 2 aliphatic heterocycles. The Balaban J connectivity index is 1.72. The molecular formula is C22H31N5O6S2Si. The quantitative estimate of drug-likeness (QED) is 0.181. The smallest absolute Gasteiger partial charge is 0.352 e. The normalized spacial score (nSPS) is 20.9. The van der Waals surface area contributed by atoms with Crippen LogP contribution in [0.5, 0.6) is 0 Å². The van der Waals surface area contributed by atoms with Gasteiger partial charge in [-0.2, -0.15) is 0 Å². The Morgan fingerprint density at radius 1 is 1.42 bits per heavy atom. The number of aliphatic carboxylic acids is 1. The molecule has 0 bridgehead atoms. The fourth-order valence-electron chi connectivity index (χ4n) is 3.34. The van der Waals surface area contributed by atoms with E-state index in [-0.39, 0.29) is 27.3 Å². The lowest BCUT2D eigenvalue weighted by Gasteiger charge is -2.49. The number of anilines is 1. The van der Waals surface area contributed by atoms with Crippen molar-refractivity contribution >= 4 is 60.0 Å². The number of fused-ring (bicyclic) bond motifs is 1. The van der Waals surface area contributed by atoms with E-state index in [1.54, 1.807) is 17.5 Å². The Morgan fingerprint density at radius 2 is 2.11 bits per heavy atom. The van der Waals surface area contributed by atoms with Crippen molar-refractivity contribution in [2.75, 3.05) is 25.2 Å². The second-order valence-electron chi connectivity index (χ2n) is 9.71. The van der Waals surface area contributed by atoms with E-state index in [4.69, 9.17) is 15.0 Å². The van der Waals surface area contributed by atoms with E-state index in [1.807, 2.05) is 0 Å². The SMILES string of the molecule is CO/N=C(\C(=O)N[C@@H]1C(=O)N2C(C(=O)O)=C(/C=C\CO[Si](C)(C)C(C)(C)C)CS[C@H]12)c1csc(N)n1. The molecule has 3 rings (SSSR count). The molecule has 0 spiro atoms. The molecule has 36 heavy (non-hydrogen) atoms. The highest BCUT2D eigenvalue weighted by Crippen LogP contribution is 2.41. The number of carboxylic acids is 1. The lowest BCUT2D eigenvalue weighted by Crippen LogP contribution is -2.71. The average Bonchev–Trinajstić information content (AvgIpc) is 3.22. The van der Waals surface area contributed by atoms with Gasteiger partial charge in [0.25, 0.3) is 11.8 Å². The number of allylic oxidation sites excluding steroid dienone is 1. The van der Waals surface area contributed by atoms with Crippen molar-refractivity contribution < 1.29 is 28.8 Å². The maximum absolute atomic E-state index is 12.9. The number of rotatable bonds is 9. The molecule has 11 nitrogen and oxygen atoms in total. The van der Waals surface area contributed by atoms with Gasteiger partial charge in [-0.05, 0) is 23.7 Å². The average molecular weight is 554 g/mol. The van der Waals surface area contributed by atoms with Gasteiger partial charge in [0.15, 0.2) is 19.2 Å². The summed E-state index contributed by atoms with van der Waals surface area (Å²) in [7, 11) is -0.657. The van der Waals surface area contributed by atoms with Crippen LogP contribution in [0.25, 0.3) is 0 Å². The lowest BCUT2D eigenvalue weighted by molar-refractivity contribution is -0.150. The largest absolute Gasteiger partial charge is 0.477 e. The maximum atomic E-state index is 12.9. The number of hydrogen-bond donors (Lipinski definition) is 3. The number of nitrogens with two attached hydrogens (primary N) is 1. The summed E-state index contributed by atoms with van der Waals surface area (Å²) >= 11 is 2.50. The standard InChI is InChI=1S/C22H31N5O6S2Si/c1-22(2,3)36(5,6)33-9-7-8-12-10-34-19-15(18(29)27(19)16(12)20(30)31)25-17(28)14(26-32-4)13-11-35-21(23)24-13/h7-8,11,15,19H,9-10H2,1-6H3,(H2,23,24)(H,25,28)(H,30,31)/b8-7-,26-14-/t15-,19-/m1/s1. The van der Waals surface area contributed by atoms with Crippen LogP contribution in [0, 0.1) is 0 Å². The Bertz CT molecular complexity index is 1140. The second kappa shape index (κ2) is 10.7. The molecule has 1 aromatic rings. The van der Waals surface area contributed by atoms with Gasteiger partial charge < -0.3 is 25.4 Å². The van der Waals surface area contributed by atoms with Gasteiger partial charge in [0.2, 0.25) is 0 Å². The first-order chi connectivity index (χ1) is 16.8. The molecule has 0 radical (unpaired) electrons. The van der Waals surface area contributed by atoms with Crippen LogP contribution in [-0.4, -0.2) is 77.7 Å². The zero-order valence-corrected chi connectivity index (χ0v) is 23.7. The first-order valence-corrected chi connectivity index (χ1v) is 16.0. The van der Waals surface area contributed by atoms with Crippen molar-refractivity contribution in [2.45, 2.75) is 50.3 Å². The summed E-state index contributed by atoms with van der Waals surface area (Å²) in [5.41, 5.74) is 6.16. The van der Waals surface area contributed by atoms with E-state index in [0.717, 1.165) is 11.3 Å². The van der Waals surface area contributed by atoms with Crippen molar-refractivity contribution in [2.24, 2.45) is 5.16 Å². The molecule has 1 fully saturated rings. The zero-order valence-electron chi connectivity index (χ0n) is 21.0. The summed E-state index contributed by atoms with van der Waals surface area (Å²) in [6.45, 7) is 11.1. The third-order valence-electron chi connectivity index (χ3n) is 6.31. The van der Waals surface area contributed by atoms with Gasteiger partial charge >= 0.3 is 5.97 Å². The fourth-order valence-corrected chi connectivity index (χ4v) is 6.15. The molecule has 0 unspecified atom stereocenters.